The number of halogens is 1. The maximum atomic E-state index is 14.9. The average molecular weight is 437 g/mol. The predicted octanol–water partition coefficient (Wildman–Crippen LogP) is 1.84. The molecule has 0 bridgehead atoms. The van der Waals surface area contributed by atoms with Crippen LogP contribution in [0.25, 0.3) is 21.9 Å². The van der Waals surface area contributed by atoms with Crippen molar-refractivity contribution in [1.82, 2.24) is 19.5 Å². The highest BCUT2D eigenvalue weighted by atomic mass is 19.1. The molecule has 32 heavy (non-hydrogen) atoms. The lowest BCUT2D eigenvalue weighted by atomic mass is 10.1. The summed E-state index contributed by atoms with van der Waals surface area (Å²) in [5.41, 5.74) is 7.29. The number of aliphatic hydroxyl groups excluding tert-OH is 1. The second-order valence-corrected chi connectivity index (χ2v) is 7.44. The minimum Gasteiger partial charge on any atom is -0.387 e. The van der Waals surface area contributed by atoms with Crippen molar-refractivity contribution < 1.29 is 19.0 Å². The minimum atomic E-state index is -1.85. The second-order valence-electron chi connectivity index (χ2n) is 7.44. The Hall–Kier alpha value is -3.83. The summed E-state index contributed by atoms with van der Waals surface area (Å²) < 4.78 is 22.0. The van der Waals surface area contributed by atoms with Crippen LogP contribution in [0.2, 0.25) is 0 Å². The number of carbonyl (C=O) groups excluding carboxylic acids is 1. The maximum Gasteiger partial charge on any atom is 0.256 e. The molecule has 1 aliphatic heterocycles. The van der Waals surface area contributed by atoms with E-state index in [1.807, 2.05) is 12.1 Å². The number of benzene rings is 1. The van der Waals surface area contributed by atoms with Gasteiger partial charge < -0.3 is 30.8 Å². The van der Waals surface area contributed by atoms with E-state index < -0.39 is 30.5 Å². The second kappa shape index (κ2) is 7.70. The van der Waals surface area contributed by atoms with Crippen molar-refractivity contribution in [3.05, 3.63) is 48.9 Å². The van der Waals surface area contributed by atoms with Gasteiger partial charge in [-0.25, -0.2) is 19.3 Å². The van der Waals surface area contributed by atoms with Gasteiger partial charge in [-0.15, -0.1) is 0 Å². The molecule has 1 amide bonds. The number of hydrogen-bond donors (Lipinski definition) is 4. The molecule has 164 valence electrons. The molecule has 5 N–H and O–H groups in total. The molecule has 0 unspecified atom stereocenters. The number of aromatic nitrogens is 4. The van der Waals surface area contributed by atoms with E-state index >= 15 is 0 Å². The number of nitrogens with zero attached hydrogens (tertiary/aromatic N) is 4. The number of rotatable bonds is 4. The third-order valence-electron chi connectivity index (χ3n) is 5.48. The first-order chi connectivity index (χ1) is 15.5. The van der Waals surface area contributed by atoms with Crippen LogP contribution in [0.3, 0.4) is 0 Å². The molecular formula is C21H20FN7O3. The highest BCUT2D eigenvalue weighted by molar-refractivity contribution is 5.97. The highest BCUT2D eigenvalue weighted by Crippen LogP contribution is 2.35. The lowest BCUT2D eigenvalue weighted by Crippen LogP contribution is -2.38. The van der Waals surface area contributed by atoms with Crippen molar-refractivity contribution in [3.8, 4) is 0 Å². The predicted molar refractivity (Wildman–Crippen MR) is 117 cm³/mol. The summed E-state index contributed by atoms with van der Waals surface area (Å²) in [6, 6.07) is 10.6. The number of nitrogens with one attached hydrogen (secondary N) is 2. The summed E-state index contributed by atoms with van der Waals surface area (Å²) in [5, 5.41) is 17.4. The van der Waals surface area contributed by atoms with Gasteiger partial charge in [-0.1, -0.05) is 6.07 Å². The molecule has 1 aliphatic rings. The van der Waals surface area contributed by atoms with Crippen molar-refractivity contribution in [2.75, 3.05) is 23.4 Å². The Labute approximate surface area is 181 Å². The van der Waals surface area contributed by atoms with Gasteiger partial charge in [0.1, 0.15) is 29.7 Å². The van der Waals surface area contributed by atoms with E-state index in [-0.39, 0.29) is 5.82 Å². The van der Waals surface area contributed by atoms with Crippen LogP contribution in [0.15, 0.2) is 48.9 Å². The number of alkyl halides is 1. The van der Waals surface area contributed by atoms with Gasteiger partial charge in [-0.2, -0.15) is 0 Å². The van der Waals surface area contributed by atoms with Crippen molar-refractivity contribution in [2.24, 2.45) is 0 Å². The third kappa shape index (κ3) is 3.27. The fraction of sp³-hybridized carbons (Fsp3) is 0.238. The number of amides is 1. The van der Waals surface area contributed by atoms with Gasteiger partial charge in [0.2, 0.25) is 0 Å². The molecule has 0 spiro atoms. The zero-order valence-corrected chi connectivity index (χ0v) is 16.9. The Morgan fingerprint density at radius 1 is 1.25 bits per heavy atom. The normalized spacial score (nSPS) is 23.0. The SMILES string of the molecule is CNc1ccc2ccc(NC(=O)[C@H]3O[C@@H](n4ccc5c(N)ncnc54)[C@@H](F)[C@@H]3O)cc2n1. The van der Waals surface area contributed by atoms with Crippen LogP contribution in [-0.4, -0.2) is 56.0 Å². The van der Waals surface area contributed by atoms with E-state index in [9.17, 15) is 14.3 Å². The lowest BCUT2D eigenvalue weighted by molar-refractivity contribution is -0.132. The fourth-order valence-electron chi connectivity index (χ4n) is 3.82. The Kier molecular flexibility index (Phi) is 4.83. The topological polar surface area (TPSA) is 140 Å². The molecule has 1 saturated heterocycles. The van der Waals surface area contributed by atoms with Gasteiger partial charge in [-0.05, 0) is 30.3 Å². The van der Waals surface area contributed by atoms with Crippen LogP contribution < -0.4 is 16.4 Å². The summed E-state index contributed by atoms with van der Waals surface area (Å²) in [7, 11) is 1.76. The van der Waals surface area contributed by atoms with Gasteiger partial charge in [0.25, 0.3) is 5.91 Å². The van der Waals surface area contributed by atoms with Gasteiger partial charge in [-0.3, -0.25) is 4.79 Å². The van der Waals surface area contributed by atoms with Crippen LogP contribution in [0.4, 0.5) is 21.7 Å². The summed E-state index contributed by atoms with van der Waals surface area (Å²) in [6.45, 7) is 0. The van der Waals surface area contributed by atoms with E-state index in [0.717, 1.165) is 5.39 Å². The monoisotopic (exact) mass is 437 g/mol. The van der Waals surface area contributed by atoms with E-state index in [4.69, 9.17) is 10.5 Å². The lowest BCUT2D eigenvalue weighted by Gasteiger charge is -2.16. The number of nitrogen functional groups attached to an aromatic ring is 1. The minimum absolute atomic E-state index is 0.239. The Morgan fingerprint density at radius 2 is 2.06 bits per heavy atom. The first-order valence-electron chi connectivity index (χ1n) is 9.90. The van der Waals surface area contributed by atoms with E-state index in [0.29, 0.717) is 28.1 Å². The van der Waals surface area contributed by atoms with Crippen LogP contribution in [0.1, 0.15) is 6.23 Å². The van der Waals surface area contributed by atoms with E-state index in [2.05, 4.69) is 25.6 Å². The number of ether oxygens (including phenoxy) is 1. The van der Waals surface area contributed by atoms with E-state index in [1.54, 1.807) is 31.3 Å². The molecule has 1 fully saturated rings. The Bertz CT molecular complexity index is 1330. The molecule has 4 aromatic rings. The van der Waals surface area contributed by atoms with Crippen molar-refractivity contribution in [1.29, 1.82) is 0 Å². The van der Waals surface area contributed by atoms with Gasteiger partial charge in [0.05, 0.1) is 10.9 Å². The summed E-state index contributed by atoms with van der Waals surface area (Å²) >= 11 is 0. The van der Waals surface area contributed by atoms with Gasteiger partial charge in [0.15, 0.2) is 18.5 Å². The molecular weight excluding hydrogens is 417 g/mol. The summed E-state index contributed by atoms with van der Waals surface area (Å²) in [6.07, 6.45) is -3.39. The molecule has 11 heteroatoms. The quantitative estimate of drug-likeness (QED) is 0.379. The van der Waals surface area contributed by atoms with Crippen molar-refractivity contribution >= 4 is 45.2 Å². The van der Waals surface area contributed by atoms with Crippen LogP contribution in [-0.2, 0) is 9.53 Å². The molecule has 4 atom stereocenters. The largest absolute Gasteiger partial charge is 0.387 e. The van der Waals surface area contributed by atoms with Crippen molar-refractivity contribution in [2.45, 2.75) is 24.6 Å². The third-order valence-corrected chi connectivity index (χ3v) is 5.48. The van der Waals surface area contributed by atoms with Gasteiger partial charge >= 0.3 is 0 Å². The number of hydrogen-bond acceptors (Lipinski definition) is 8. The molecule has 5 rings (SSSR count). The van der Waals surface area contributed by atoms with Crippen LogP contribution >= 0.6 is 0 Å². The molecule has 0 saturated carbocycles. The zero-order valence-electron chi connectivity index (χ0n) is 16.9. The molecule has 0 aliphatic carbocycles. The number of aliphatic hydroxyl groups is 1. The zero-order chi connectivity index (χ0) is 22.4. The van der Waals surface area contributed by atoms with Crippen LogP contribution in [0.5, 0.6) is 0 Å². The number of anilines is 3. The Morgan fingerprint density at radius 3 is 2.88 bits per heavy atom. The number of fused-ring (bicyclic) bond motifs is 2. The number of pyridine rings is 1. The average Bonchev–Trinajstić information content (AvgIpc) is 3.35. The summed E-state index contributed by atoms with van der Waals surface area (Å²) in [5.74, 6) is 0.253. The standard InChI is InChI=1S/C21H20FN7O3/c1-24-14-5-3-10-2-4-11(8-13(10)28-14)27-20(31)17-16(30)15(22)21(32-17)29-7-6-12-18(23)25-9-26-19(12)29/h2-9,15-17,21,30H,1H3,(H,24,28)(H,27,31)(H2,23,25,26)/t15-,16-,17-,21+/m0/s1. The first kappa shape index (κ1) is 20.1. The smallest absolute Gasteiger partial charge is 0.256 e. The molecule has 4 heterocycles. The first-order valence-corrected chi connectivity index (χ1v) is 9.90. The maximum absolute atomic E-state index is 14.9. The molecule has 10 nitrogen and oxygen atoms in total. The molecule has 1 aromatic carbocycles. The van der Waals surface area contributed by atoms with E-state index in [1.165, 1.54) is 17.1 Å². The van der Waals surface area contributed by atoms with Crippen LogP contribution in [0, 0.1) is 0 Å². The Balaban J connectivity index is 1.38. The molecule has 3 aromatic heterocycles. The highest BCUT2D eigenvalue weighted by Gasteiger charge is 2.49. The fourth-order valence-corrected chi connectivity index (χ4v) is 3.82. The summed E-state index contributed by atoms with van der Waals surface area (Å²) in [4.78, 5) is 25.3. The number of nitrogens with two attached hydrogens (primary N) is 1. The van der Waals surface area contributed by atoms with Gasteiger partial charge in [0, 0.05) is 24.3 Å². The molecule has 0 radical (unpaired) electrons. The number of carbonyl (C=O) groups is 1. The van der Waals surface area contributed by atoms with Crippen molar-refractivity contribution in [3.63, 3.8) is 0 Å².